The van der Waals surface area contributed by atoms with Gasteiger partial charge in [-0.3, -0.25) is 0 Å². The Balaban J connectivity index is 2.32. The number of halogens is 1. The molecule has 3 heteroatoms. The van der Waals surface area contributed by atoms with Crippen LogP contribution in [0.3, 0.4) is 0 Å². The summed E-state index contributed by atoms with van der Waals surface area (Å²) in [7, 11) is 0. The Hall–Kier alpha value is -0.855. The molecule has 2 heterocycles. The van der Waals surface area contributed by atoms with E-state index in [2.05, 4.69) is 4.98 Å². The van der Waals surface area contributed by atoms with E-state index >= 15 is 0 Å². The number of pyridine rings is 1. The van der Waals surface area contributed by atoms with Gasteiger partial charge < -0.3 is 0 Å². The fourth-order valence-electron chi connectivity index (χ4n) is 1.09. The molecule has 1 aromatic rings. The number of nitrogens with zero attached hydrogens (tertiary/aromatic N) is 1. The molecule has 0 amide bonds. The van der Waals surface area contributed by atoms with Crippen molar-refractivity contribution in [2.24, 2.45) is 0 Å². The fraction of sp³-hybridized carbons (Fsp3) is 0.286. The van der Waals surface area contributed by atoms with Crippen LogP contribution in [0.2, 0.25) is 12.6 Å². The first kappa shape index (κ1) is 5.89. The van der Waals surface area contributed by atoms with Crippen LogP contribution >= 0.6 is 0 Å². The third kappa shape index (κ3) is 1.04. The molecule has 1 saturated heterocycles. The van der Waals surface area contributed by atoms with E-state index in [0.29, 0.717) is 6.71 Å². The van der Waals surface area contributed by atoms with Gasteiger partial charge in [0.25, 0.3) is 0 Å². The van der Waals surface area contributed by atoms with Crippen LogP contribution in [0.1, 0.15) is 0 Å². The van der Waals surface area contributed by atoms with Gasteiger partial charge in [0.2, 0.25) is 5.95 Å². The SMILES string of the molecule is Fc1cc(B2CC2)ccn1. The molecule has 0 unspecified atom stereocenters. The maximum absolute atomic E-state index is 12.4. The van der Waals surface area contributed by atoms with E-state index in [9.17, 15) is 4.39 Å². The zero-order valence-corrected chi connectivity index (χ0v) is 5.55. The van der Waals surface area contributed by atoms with Crippen molar-refractivity contribution >= 4 is 12.2 Å². The predicted octanol–water partition coefficient (Wildman–Crippen LogP) is 0.936. The van der Waals surface area contributed by atoms with Crippen LogP contribution in [0, 0.1) is 5.95 Å². The molecule has 0 N–H and O–H groups in total. The van der Waals surface area contributed by atoms with Crippen LogP contribution < -0.4 is 5.46 Å². The third-order valence-corrected chi connectivity index (χ3v) is 1.80. The second-order valence-corrected chi connectivity index (χ2v) is 2.69. The van der Waals surface area contributed by atoms with Gasteiger partial charge in [-0.2, -0.15) is 4.39 Å². The van der Waals surface area contributed by atoms with Gasteiger partial charge in [0, 0.05) is 6.20 Å². The van der Waals surface area contributed by atoms with Crippen LogP contribution in [-0.2, 0) is 0 Å². The molecule has 1 aliphatic heterocycles. The maximum atomic E-state index is 12.4. The zero-order valence-electron chi connectivity index (χ0n) is 5.55. The third-order valence-electron chi connectivity index (χ3n) is 1.80. The summed E-state index contributed by atoms with van der Waals surface area (Å²) in [6.07, 6.45) is 3.95. The summed E-state index contributed by atoms with van der Waals surface area (Å²) in [5, 5.41) is 0. The lowest BCUT2D eigenvalue weighted by atomic mass is 9.64. The van der Waals surface area contributed by atoms with E-state index in [1.807, 2.05) is 6.07 Å². The van der Waals surface area contributed by atoms with E-state index in [-0.39, 0.29) is 5.95 Å². The number of rotatable bonds is 1. The van der Waals surface area contributed by atoms with Crippen molar-refractivity contribution in [3.63, 3.8) is 0 Å². The molecular formula is C7H7BFN. The minimum absolute atomic E-state index is 0.357. The lowest BCUT2D eigenvalue weighted by Crippen LogP contribution is -2.15. The van der Waals surface area contributed by atoms with Crippen LogP contribution in [0.4, 0.5) is 4.39 Å². The summed E-state index contributed by atoms with van der Waals surface area (Å²) in [4.78, 5) is 3.48. The first-order valence-electron chi connectivity index (χ1n) is 3.48. The van der Waals surface area contributed by atoms with E-state index in [4.69, 9.17) is 0 Å². The minimum Gasteiger partial charge on any atom is -0.228 e. The standard InChI is InChI=1S/C7H7BFN/c9-7-5-6(1-4-10-7)8-2-3-8/h1,4-5H,2-3H2. The smallest absolute Gasteiger partial charge is 0.212 e. The summed E-state index contributed by atoms with van der Waals surface area (Å²) >= 11 is 0. The molecule has 0 saturated carbocycles. The normalized spacial score (nSPS) is 15.5. The van der Waals surface area contributed by atoms with Gasteiger partial charge in [0.15, 0.2) is 6.71 Å². The van der Waals surface area contributed by atoms with E-state index in [1.54, 1.807) is 0 Å². The van der Waals surface area contributed by atoms with Gasteiger partial charge in [0.05, 0.1) is 0 Å². The van der Waals surface area contributed by atoms with Crippen LogP contribution in [0.25, 0.3) is 0 Å². The fourth-order valence-corrected chi connectivity index (χ4v) is 1.09. The Kier molecular flexibility index (Phi) is 1.23. The van der Waals surface area contributed by atoms with Crippen molar-refractivity contribution in [2.45, 2.75) is 12.6 Å². The van der Waals surface area contributed by atoms with Gasteiger partial charge in [0.1, 0.15) is 0 Å². The van der Waals surface area contributed by atoms with Gasteiger partial charge in [-0.05, 0) is 12.1 Å². The quantitative estimate of drug-likeness (QED) is 0.412. The van der Waals surface area contributed by atoms with Crippen molar-refractivity contribution in [1.82, 2.24) is 4.98 Å². The molecular weight excluding hydrogens is 128 g/mol. The first-order valence-corrected chi connectivity index (χ1v) is 3.48. The summed E-state index contributed by atoms with van der Waals surface area (Å²) in [6, 6.07) is 3.42. The van der Waals surface area contributed by atoms with Crippen molar-refractivity contribution in [3.05, 3.63) is 24.3 Å². The van der Waals surface area contributed by atoms with Gasteiger partial charge in [-0.15, -0.1) is 0 Å². The highest BCUT2D eigenvalue weighted by atomic mass is 19.1. The van der Waals surface area contributed by atoms with Crippen molar-refractivity contribution < 1.29 is 4.39 Å². The molecule has 10 heavy (non-hydrogen) atoms. The summed E-state index contributed by atoms with van der Waals surface area (Å²) in [5.41, 5.74) is 1.10. The number of hydrogen-bond donors (Lipinski definition) is 0. The zero-order chi connectivity index (χ0) is 6.97. The average Bonchev–Trinajstić information content (AvgIpc) is 2.68. The molecule has 0 spiro atoms. The predicted molar refractivity (Wildman–Crippen MR) is 39.2 cm³/mol. The molecule has 2 rings (SSSR count). The average molecular weight is 135 g/mol. The summed E-state index contributed by atoms with van der Waals surface area (Å²) < 4.78 is 12.4. The Morgan fingerprint density at radius 2 is 2.30 bits per heavy atom. The summed E-state index contributed by atoms with van der Waals surface area (Å²) in [5.74, 6) is -0.357. The van der Waals surface area contributed by atoms with Crippen LogP contribution in [0.15, 0.2) is 18.3 Å². The molecule has 1 aromatic heterocycles. The Bertz CT molecular complexity index is 247. The molecule has 0 bridgehead atoms. The highest BCUT2D eigenvalue weighted by Crippen LogP contribution is 2.20. The highest BCUT2D eigenvalue weighted by Gasteiger charge is 2.28. The van der Waals surface area contributed by atoms with E-state index in [1.165, 1.54) is 24.9 Å². The second-order valence-electron chi connectivity index (χ2n) is 2.69. The minimum atomic E-state index is -0.357. The lowest BCUT2D eigenvalue weighted by Gasteiger charge is -1.92. The Morgan fingerprint density at radius 1 is 1.50 bits per heavy atom. The lowest BCUT2D eigenvalue weighted by molar-refractivity contribution is 0.585. The van der Waals surface area contributed by atoms with Crippen LogP contribution in [-0.4, -0.2) is 11.7 Å². The van der Waals surface area contributed by atoms with Gasteiger partial charge in [-0.25, -0.2) is 4.98 Å². The number of hydrogen-bond acceptors (Lipinski definition) is 1. The van der Waals surface area contributed by atoms with Crippen LogP contribution in [0.5, 0.6) is 0 Å². The molecule has 1 nitrogen and oxygen atoms in total. The molecule has 0 aromatic carbocycles. The van der Waals surface area contributed by atoms with Crippen molar-refractivity contribution in [3.8, 4) is 0 Å². The van der Waals surface area contributed by atoms with Crippen molar-refractivity contribution in [2.75, 3.05) is 0 Å². The second kappa shape index (κ2) is 2.08. The van der Waals surface area contributed by atoms with Crippen molar-refractivity contribution in [1.29, 1.82) is 0 Å². The van der Waals surface area contributed by atoms with E-state index in [0.717, 1.165) is 5.46 Å². The summed E-state index contributed by atoms with van der Waals surface area (Å²) in [6.45, 7) is 0.623. The largest absolute Gasteiger partial charge is 0.228 e. The van der Waals surface area contributed by atoms with E-state index < -0.39 is 0 Å². The van der Waals surface area contributed by atoms with Gasteiger partial charge in [-0.1, -0.05) is 18.1 Å². The highest BCUT2D eigenvalue weighted by molar-refractivity contribution is 6.82. The Morgan fingerprint density at radius 3 is 2.90 bits per heavy atom. The van der Waals surface area contributed by atoms with Gasteiger partial charge >= 0.3 is 0 Å². The monoisotopic (exact) mass is 135 g/mol. The molecule has 50 valence electrons. The molecule has 0 atom stereocenters. The molecule has 1 fully saturated rings. The topological polar surface area (TPSA) is 12.9 Å². The molecule has 0 radical (unpaired) electrons. The first-order chi connectivity index (χ1) is 4.86. The molecule has 0 aliphatic carbocycles. The molecule has 1 aliphatic rings. The maximum Gasteiger partial charge on any atom is 0.212 e. The Labute approximate surface area is 59.4 Å². The number of aromatic nitrogens is 1.